The molecule has 1 aliphatic heterocycles. The zero-order valence-electron chi connectivity index (χ0n) is 24.4. The number of nitrogens with zero attached hydrogens (tertiary/aromatic N) is 1. The zero-order chi connectivity index (χ0) is 31.2. The Labute approximate surface area is 262 Å². The minimum Gasteiger partial charge on any atom is -0.491 e. The van der Waals surface area contributed by atoms with E-state index >= 15 is 0 Å². The van der Waals surface area contributed by atoms with E-state index in [0.29, 0.717) is 30.0 Å². The van der Waals surface area contributed by atoms with Crippen LogP contribution in [0.2, 0.25) is 0 Å². The first-order valence-electron chi connectivity index (χ1n) is 14.0. The number of ether oxygens (including phenoxy) is 1. The second-order valence-electron chi connectivity index (χ2n) is 10.8. The van der Waals surface area contributed by atoms with Crippen molar-refractivity contribution in [3.8, 4) is 5.75 Å². The topological polar surface area (TPSA) is 108 Å². The lowest BCUT2D eigenvalue weighted by Crippen LogP contribution is -2.48. The number of amides is 1. The minimum absolute atomic E-state index is 0. The third kappa shape index (κ3) is 9.59. The number of benzene rings is 3. The van der Waals surface area contributed by atoms with Crippen LogP contribution in [0, 0.1) is 0 Å². The number of halogens is 4. The number of hydrogen-bond donors (Lipinski definition) is 3. The van der Waals surface area contributed by atoms with Crippen LogP contribution in [-0.2, 0) is 29.2 Å². The molecule has 1 amide bonds. The van der Waals surface area contributed by atoms with E-state index in [1.54, 1.807) is 12.1 Å². The van der Waals surface area contributed by atoms with Gasteiger partial charge in [-0.25, -0.2) is 8.42 Å². The van der Waals surface area contributed by atoms with Gasteiger partial charge in [-0.1, -0.05) is 48.5 Å². The number of anilines is 1. The summed E-state index contributed by atoms with van der Waals surface area (Å²) in [6, 6.07) is 18.0. The monoisotopic (exact) mass is 655 g/mol. The van der Waals surface area contributed by atoms with Crippen molar-refractivity contribution in [3.63, 3.8) is 0 Å². The molecule has 44 heavy (non-hydrogen) atoms. The molecule has 1 fully saturated rings. The Morgan fingerprint density at radius 1 is 1.02 bits per heavy atom. The van der Waals surface area contributed by atoms with Gasteiger partial charge in [0, 0.05) is 31.3 Å². The summed E-state index contributed by atoms with van der Waals surface area (Å²) in [6.07, 6.45) is -5.05. The predicted octanol–water partition coefficient (Wildman–Crippen LogP) is 4.95. The fraction of sp³-hybridized carbons (Fsp3) is 0.387. The number of aliphatic hydroxyl groups excluding tert-OH is 1. The van der Waals surface area contributed by atoms with Crippen molar-refractivity contribution in [2.45, 2.75) is 57.7 Å². The largest absolute Gasteiger partial charge is 0.491 e. The third-order valence-corrected chi connectivity index (χ3v) is 8.80. The smallest absolute Gasteiger partial charge is 0.416 e. The first-order valence-corrected chi connectivity index (χ1v) is 15.6. The minimum atomic E-state index is -4.46. The molecule has 0 unspecified atom stereocenters. The molecule has 4 rings (SSSR count). The highest BCUT2D eigenvalue weighted by molar-refractivity contribution is 7.93. The Hall–Kier alpha value is -3.32. The molecule has 1 heterocycles. The van der Waals surface area contributed by atoms with E-state index in [4.69, 9.17) is 4.74 Å². The molecule has 2 atom stereocenters. The fourth-order valence-corrected chi connectivity index (χ4v) is 6.44. The SMILES string of the molecule is CC(C)Oc1cc(C(=O)N[C@@H](Cc2ccccc2)[C@H](O)CNCc2cccc(C(F)(F)F)c2)cc(N2CCCS2(=O)=O)c1.Cl. The fourth-order valence-electron chi connectivity index (χ4n) is 4.90. The Bertz CT molecular complexity index is 1510. The first-order chi connectivity index (χ1) is 20.3. The molecule has 8 nitrogen and oxygen atoms in total. The molecule has 1 aliphatic rings. The van der Waals surface area contributed by atoms with Gasteiger partial charge in [-0.3, -0.25) is 9.10 Å². The van der Waals surface area contributed by atoms with Crippen LogP contribution in [0.3, 0.4) is 0 Å². The number of hydrogen-bond acceptors (Lipinski definition) is 6. The Morgan fingerprint density at radius 3 is 2.36 bits per heavy atom. The first kappa shape index (κ1) is 35.2. The highest BCUT2D eigenvalue weighted by Crippen LogP contribution is 2.31. The van der Waals surface area contributed by atoms with Crippen LogP contribution >= 0.6 is 12.4 Å². The van der Waals surface area contributed by atoms with Gasteiger partial charge in [-0.2, -0.15) is 13.2 Å². The van der Waals surface area contributed by atoms with Crippen molar-refractivity contribution in [2.24, 2.45) is 0 Å². The van der Waals surface area contributed by atoms with Crippen molar-refractivity contribution < 1.29 is 36.2 Å². The highest BCUT2D eigenvalue weighted by Gasteiger charge is 2.31. The number of nitrogens with one attached hydrogen (secondary N) is 2. The van der Waals surface area contributed by atoms with E-state index in [1.807, 2.05) is 44.2 Å². The number of carbonyl (C=O) groups excluding carboxylic acids is 1. The van der Waals surface area contributed by atoms with E-state index in [0.717, 1.165) is 17.7 Å². The van der Waals surface area contributed by atoms with E-state index in [9.17, 15) is 31.5 Å². The number of carbonyl (C=O) groups is 1. The molecule has 0 bridgehead atoms. The van der Waals surface area contributed by atoms with Crippen molar-refractivity contribution in [1.29, 1.82) is 0 Å². The van der Waals surface area contributed by atoms with Crippen LogP contribution in [-0.4, -0.2) is 56.5 Å². The molecule has 3 aromatic rings. The molecular formula is C31H37ClF3N3O5S. The predicted molar refractivity (Wildman–Crippen MR) is 166 cm³/mol. The van der Waals surface area contributed by atoms with Gasteiger partial charge in [0.25, 0.3) is 5.91 Å². The Kier molecular flexibility index (Phi) is 12.1. The van der Waals surface area contributed by atoms with Crippen molar-refractivity contribution in [3.05, 3.63) is 95.1 Å². The zero-order valence-corrected chi connectivity index (χ0v) is 26.0. The maximum atomic E-state index is 13.6. The average Bonchev–Trinajstić information content (AvgIpc) is 3.31. The number of alkyl halides is 3. The van der Waals surface area contributed by atoms with E-state index in [-0.39, 0.29) is 49.3 Å². The molecule has 3 aromatic carbocycles. The molecule has 13 heteroatoms. The van der Waals surface area contributed by atoms with Gasteiger partial charge in [0.1, 0.15) is 5.75 Å². The van der Waals surface area contributed by atoms with Gasteiger partial charge in [0.2, 0.25) is 10.0 Å². The molecule has 3 N–H and O–H groups in total. The molecule has 1 saturated heterocycles. The molecule has 0 radical (unpaired) electrons. The molecule has 0 aliphatic carbocycles. The summed E-state index contributed by atoms with van der Waals surface area (Å²) < 4.78 is 71.6. The molecule has 0 spiro atoms. The quantitative estimate of drug-likeness (QED) is 0.255. The molecule has 0 aromatic heterocycles. The van der Waals surface area contributed by atoms with Crippen molar-refractivity contribution >= 4 is 34.0 Å². The lowest BCUT2D eigenvalue weighted by molar-refractivity contribution is -0.137. The van der Waals surface area contributed by atoms with Gasteiger partial charge in [-0.05, 0) is 56.0 Å². The maximum Gasteiger partial charge on any atom is 0.416 e. The van der Waals surface area contributed by atoms with Crippen molar-refractivity contribution in [2.75, 3.05) is 23.1 Å². The molecular weight excluding hydrogens is 619 g/mol. The van der Waals surface area contributed by atoms with Crippen molar-refractivity contribution in [1.82, 2.24) is 10.6 Å². The van der Waals surface area contributed by atoms with Gasteiger partial charge >= 0.3 is 6.18 Å². The number of rotatable bonds is 12. The Morgan fingerprint density at radius 2 is 1.73 bits per heavy atom. The van der Waals surface area contributed by atoms with E-state index < -0.39 is 39.8 Å². The van der Waals surface area contributed by atoms with Crippen LogP contribution in [0.4, 0.5) is 18.9 Å². The summed E-state index contributed by atoms with van der Waals surface area (Å²) in [7, 11) is -3.51. The van der Waals surface area contributed by atoms with Gasteiger partial charge in [0.15, 0.2) is 0 Å². The molecule has 0 saturated carbocycles. The Balaban J connectivity index is 0.00000529. The van der Waals surface area contributed by atoms with E-state index in [2.05, 4.69) is 10.6 Å². The van der Waals surface area contributed by atoms with Crippen LogP contribution in [0.25, 0.3) is 0 Å². The molecule has 240 valence electrons. The number of aliphatic hydroxyl groups is 1. The standard InChI is InChI=1S/C31H36F3N3O5S.ClH/c1-21(2)42-27-17-24(16-26(18-27)37-12-7-13-43(37,40)41)30(39)36-28(15-22-8-4-3-5-9-22)29(38)20-35-19-23-10-6-11-25(14-23)31(32,33)34;/h3-6,8-11,14,16-18,21,28-29,35,38H,7,12-13,15,19-20H2,1-2H3,(H,36,39);1H/t28-,29+;/m0./s1. The normalized spacial score (nSPS) is 15.8. The summed E-state index contributed by atoms with van der Waals surface area (Å²) in [6.45, 7) is 3.99. The van der Waals surface area contributed by atoms with Crippen LogP contribution in [0.1, 0.15) is 47.3 Å². The maximum absolute atomic E-state index is 13.6. The lowest BCUT2D eigenvalue weighted by atomic mass is 10.00. The highest BCUT2D eigenvalue weighted by atomic mass is 35.5. The number of sulfonamides is 1. The second-order valence-corrected chi connectivity index (χ2v) is 12.8. The van der Waals surface area contributed by atoms with E-state index in [1.165, 1.54) is 22.5 Å². The van der Waals surface area contributed by atoms with Crippen LogP contribution < -0.4 is 19.7 Å². The summed E-state index contributed by atoms with van der Waals surface area (Å²) in [5, 5.41) is 17.0. The summed E-state index contributed by atoms with van der Waals surface area (Å²) in [5.74, 6) is -0.185. The van der Waals surface area contributed by atoms with Gasteiger partial charge in [0.05, 0.1) is 35.3 Å². The average molecular weight is 656 g/mol. The summed E-state index contributed by atoms with van der Waals surface area (Å²) >= 11 is 0. The van der Waals surface area contributed by atoms with Gasteiger partial charge < -0.3 is 20.5 Å². The van der Waals surface area contributed by atoms with Gasteiger partial charge in [-0.15, -0.1) is 12.4 Å². The summed E-state index contributed by atoms with van der Waals surface area (Å²) in [4.78, 5) is 13.6. The van der Waals surface area contributed by atoms with Crippen LogP contribution in [0.15, 0.2) is 72.8 Å². The third-order valence-electron chi connectivity index (χ3n) is 6.93. The lowest BCUT2D eigenvalue weighted by Gasteiger charge is -2.26. The second kappa shape index (κ2) is 15.1. The van der Waals surface area contributed by atoms with Crippen LogP contribution in [0.5, 0.6) is 5.75 Å². The summed E-state index contributed by atoms with van der Waals surface area (Å²) in [5.41, 5.74) is 0.981.